The molecule has 4 heterocycles. The number of hydrogen-bond donors (Lipinski definition) is 0. The van der Waals surface area contributed by atoms with Gasteiger partial charge < -0.3 is 14.7 Å². The van der Waals surface area contributed by atoms with Gasteiger partial charge in [0.1, 0.15) is 0 Å². The Morgan fingerprint density at radius 2 is 1.67 bits per heavy atom. The van der Waals surface area contributed by atoms with Crippen LogP contribution < -0.4 is 9.80 Å². The highest BCUT2D eigenvalue weighted by molar-refractivity contribution is 7.17. The van der Waals surface area contributed by atoms with E-state index >= 15 is 0 Å². The van der Waals surface area contributed by atoms with Crippen LogP contribution in [0.4, 0.5) is 16.5 Å². The molecule has 1 aromatic carbocycles. The van der Waals surface area contributed by atoms with E-state index in [1.807, 2.05) is 34.0 Å². The molecule has 0 unspecified atom stereocenters. The molecule has 2 fully saturated rings. The maximum Gasteiger partial charge on any atom is 0.269 e. The van der Waals surface area contributed by atoms with E-state index in [0.717, 1.165) is 48.4 Å². The number of nitrogens with zero attached hydrogens (tertiary/aromatic N) is 7. The lowest BCUT2D eigenvalue weighted by atomic mass is 9.96. The van der Waals surface area contributed by atoms with E-state index in [2.05, 4.69) is 20.0 Å². The maximum absolute atomic E-state index is 13.3. The number of benzene rings is 1. The van der Waals surface area contributed by atoms with E-state index in [1.54, 1.807) is 23.5 Å². The van der Waals surface area contributed by atoms with Crippen molar-refractivity contribution in [2.24, 2.45) is 5.92 Å². The van der Waals surface area contributed by atoms with Crippen LogP contribution in [0.2, 0.25) is 0 Å². The summed E-state index contributed by atoms with van der Waals surface area (Å²) in [6.07, 6.45) is 5.74. The van der Waals surface area contributed by atoms with Crippen LogP contribution >= 0.6 is 11.3 Å². The number of hydrogen-bond acceptors (Lipinski definition) is 8. The minimum atomic E-state index is -0.392. The summed E-state index contributed by atoms with van der Waals surface area (Å²) in [5, 5.41) is 21.2. The van der Waals surface area contributed by atoms with Crippen LogP contribution in [0.5, 0.6) is 0 Å². The van der Waals surface area contributed by atoms with Gasteiger partial charge in [0.15, 0.2) is 0 Å². The Balaban J connectivity index is 1.17. The Labute approximate surface area is 195 Å². The Kier molecular flexibility index (Phi) is 5.95. The molecule has 0 N–H and O–H groups in total. The number of rotatable bonds is 5. The van der Waals surface area contributed by atoms with Gasteiger partial charge in [0.25, 0.3) is 5.69 Å². The second kappa shape index (κ2) is 9.18. The van der Waals surface area contributed by atoms with Crippen molar-refractivity contribution >= 4 is 33.8 Å². The molecule has 0 radical (unpaired) electrons. The summed E-state index contributed by atoms with van der Waals surface area (Å²) >= 11 is 1.54. The fourth-order valence-electron chi connectivity index (χ4n) is 4.48. The van der Waals surface area contributed by atoms with E-state index in [0.29, 0.717) is 19.6 Å². The van der Waals surface area contributed by atoms with Crippen LogP contribution in [-0.4, -0.2) is 69.8 Å². The highest BCUT2D eigenvalue weighted by Gasteiger charge is 2.32. The number of aromatic nitrogens is 3. The van der Waals surface area contributed by atoms with Gasteiger partial charge in [-0.3, -0.25) is 19.5 Å². The Morgan fingerprint density at radius 1 is 0.970 bits per heavy atom. The van der Waals surface area contributed by atoms with Crippen molar-refractivity contribution in [1.82, 2.24) is 19.7 Å². The first-order chi connectivity index (χ1) is 16.1. The molecule has 2 aliphatic heterocycles. The molecule has 0 spiro atoms. The number of non-ortho nitro benzene ring substituents is 1. The van der Waals surface area contributed by atoms with Crippen molar-refractivity contribution in [3.05, 3.63) is 58.9 Å². The van der Waals surface area contributed by atoms with E-state index in [1.165, 1.54) is 12.1 Å². The smallest absolute Gasteiger partial charge is 0.269 e. The third-order valence-electron chi connectivity index (χ3n) is 6.29. The van der Waals surface area contributed by atoms with E-state index < -0.39 is 4.92 Å². The molecule has 172 valence electrons. The number of carbonyl (C=O) groups excluding carboxylic acids is 1. The molecule has 2 aromatic heterocycles. The minimum Gasteiger partial charge on any atom is -0.368 e. The number of anilines is 2. The molecule has 0 saturated carbocycles. The fraction of sp³-hybridized carbons (Fsp3) is 0.409. The van der Waals surface area contributed by atoms with Crippen LogP contribution in [0.3, 0.4) is 0 Å². The topological polar surface area (TPSA) is 101 Å². The third-order valence-corrected chi connectivity index (χ3v) is 7.28. The van der Waals surface area contributed by atoms with Crippen molar-refractivity contribution in [2.45, 2.75) is 12.8 Å². The van der Waals surface area contributed by atoms with Crippen molar-refractivity contribution in [3.8, 4) is 5.13 Å². The molecule has 1 amide bonds. The summed E-state index contributed by atoms with van der Waals surface area (Å²) in [7, 11) is 0. The van der Waals surface area contributed by atoms with E-state index in [-0.39, 0.29) is 17.5 Å². The average Bonchev–Trinajstić information content (AvgIpc) is 3.56. The van der Waals surface area contributed by atoms with Crippen molar-refractivity contribution in [3.63, 3.8) is 0 Å². The second-order valence-electron chi connectivity index (χ2n) is 8.33. The molecule has 11 heteroatoms. The van der Waals surface area contributed by atoms with Gasteiger partial charge in [-0.2, -0.15) is 0 Å². The molecular weight excluding hydrogens is 442 g/mol. The van der Waals surface area contributed by atoms with Crippen molar-refractivity contribution in [2.75, 3.05) is 49.1 Å². The summed E-state index contributed by atoms with van der Waals surface area (Å²) in [4.78, 5) is 30.0. The predicted molar refractivity (Wildman–Crippen MR) is 126 cm³/mol. The molecule has 2 aliphatic rings. The van der Waals surface area contributed by atoms with E-state index in [9.17, 15) is 14.9 Å². The largest absolute Gasteiger partial charge is 0.368 e. The molecule has 2 saturated heterocycles. The highest BCUT2D eigenvalue weighted by Crippen LogP contribution is 2.29. The molecule has 3 aromatic rings. The van der Waals surface area contributed by atoms with Gasteiger partial charge in [-0.1, -0.05) is 11.3 Å². The molecule has 0 bridgehead atoms. The van der Waals surface area contributed by atoms with Crippen LogP contribution in [0.25, 0.3) is 5.13 Å². The van der Waals surface area contributed by atoms with Gasteiger partial charge in [0.05, 0.1) is 10.8 Å². The third kappa shape index (κ3) is 4.54. The Hall–Kier alpha value is -3.47. The minimum absolute atomic E-state index is 0.0383. The number of piperidine rings is 1. The lowest BCUT2D eigenvalue weighted by molar-refractivity contribution is -0.384. The zero-order valence-electron chi connectivity index (χ0n) is 18.1. The highest BCUT2D eigenvalue weighted by atomic mass is 32.1. The lowest BCUT2D eigenvalue weighted by Gasteiger charge is -2.39. The molecule has 10 nitrogen and oxygen atoms in total. The molecule has 33 heavy (non-hydrogen) atoms. The zero-order valence-corrected chi connectivity index (χ0v) is 18.9. The first-order valence-corrected chi connectivity index (χ1v) is 11.9. The normalized spacial score (nSPS) is 19.0. The van der Waals surface area contributed by atoms with Gasteiger partial charge in [-0.05, 0) is 37.1 Å². The number of carbonyl (C=O) groups is 1. The lowest BCUT2D eigenvalue weighted by Crippen LogP contribution is -2.52. The number of nitro benzene ring substituents is 1. The Bertz CT molecular complexity index is 1110. The van der Waals surface area contributed by atoms with Crippen molar-refractivity contribution in [1.29, 1.82) is 0 Å². The van der Waals surface area contributed by atoms with Gasteiger partial charge in [0.2, 0.25) is 16.2 Å². The first kappa shape index (κ1) is 21.4. The maximum atomic E-state index is 13.3. The molecular formula is C22H25N7O3S. The van der Waals surface area contributed by atoms with Crippen LogP contribution in [0, 0.1) is 16.0 Å². The summed E-state index contributed by atoms with van der Waals surface area (Å²) < 4.78 is 1.94. The first-order valence-electron chi connectivity index (χ1n) is 11.1. The fourth-order valence-corrected chi connectivity index (χ4v) is 5.33. The predicted octanol–water partition coefficient (Wildman–Crippen LogP) is 2.80. The molecule has 5 rings (SSSR count). The van der Waals surface area contributed by atoms with Gasteiger partial charge in [-0.15, -0.1) is 10.2 Å². The number of nitro groups is 1. The second-order valence-corrected chi connectivity index (χ2v) is 9.26. The zero-order chi connectivity index (χ0) is 22.8. The SMILES string of the molecule is O=C([C@H]1CCCN(c2nnc(-n3cccc3)s2)C1)N1CCN(c2ccc([N+](=O)[O-])cc2)CC1. The number of amides is 1. The monoisotopic (exact) mass is 467 g/mol. The number of piperazine rings is 1. The van der Waals surface area contributed by atoms with Gasteiger partial charge in [-0.25, -0.2) is 0 Å². The van der Waals surface area contributed by atoms with Gasteiger partial charge >= 0.3 is 0 Å². The summed E-state index contributed by atoms with van der Waals surface area (Å²) in [6.45, 7) is 4.30. The summed E-state index contributed by atoms with van der Waals surface area (Å²) in [6, 6.07) is 10.5. The van der Waals surface area contributed by atoms with Crippen molar-refractivity contribution < 1.29 is 9.72 Å². The average molecular weight is 468 g/mol. The molecule has 0 aliphatic carbocycles. The Morgan fingerprint density at radius 3 is 2.36 bits per heavy atom. The quantitative estimate of drug-likeness (QED) is 0.420. The van der Waals surface area contributed by atoms with Crippen LogP contribution in [-0.2, 0) is 4.79 Å². The summed E-state index contributed by atoms with van der Waals surface area (Å²) in [5.41, 5.74) is 1.04. The van der Waals surface area contributed by atoms with E-state index in [4.69, 9.17) is 0 Å². The standard InChI is InChI=1S/C22H25N7O3S/c30-20(26-14-12-25(13-15-26)18-5-7-19(8-6-18)29(31)32)17-4-3-11-28(16-17)22-24-23-21(33-22)27-9-1-2-10-27/h1-2,5-10,17H,3-4,11-16H2/t17-/m0/s1. The van der Waals surface area contributed by atoms with Gasteiger partial charge in [0, 0.05) is 69.5 Å². The van der Waals surface area contributed by atoms with Crippen LogP contribution in [0.15, 0.2) is 48.8 Å². The summed E-state index contributed by atoms with van der Waals surface area (Å²) in [5.74, 6) is 0.168. The van der Waals surface area contributed by atoms with Crippen LogP contribution in [0.1, 0.15) is 12.8 Å². The molecule has 1 atom stereocenters.